The number of carbonyl (C=O) groups is 1. The van der Waals surface area contributed by atoms with Crippen molar-refractivity contribution in [2.24, 2.45) is 0 Å². The molecule has 4 rings (SSSR count). The number of amides is 1. The number of para-hydroxylation sites is 1. The summed E-state index contributed by atoms with van der Waals surface area (Å²) in [6.07, 6.45) is 2.32. The number of benzene rings is 2. The molecule has 4 nitrogen and oxygen atoms in total. The zero-order valence-electron chi connectivity index (χ0n) is 14.2. The second kappa shape index (κ2) is 6.55. The van der Waals surface area contributed by atoms with Gasteiger partial charge >= 0.3 is 0 Å². The summed E-state index contributed by atoms with van der Waals surface area (Å²) in [5.41, 5.74) is 3.60. The van der Waals surface area contributed by atoms with Crippen molar-refractivity contribution in [1.29, 1.82) is 0 Å². The number of nitrogens with one attached hydrogen (secondary N) is 1. The van der Waals surface area contributed by atoms with Gasteiger partial charge in [-0.25, -0.2) is 4.68 Å². The molecule has 126 valence electrons. The molecule has 0 spiro atoms. The minimum Gasteiger partial charge on any atom is -0.344 e. The highest BCUT2D eigenvalue weighted by Crippen LogP contribution is 2.39. The lowest BCUT2D eigenvalue weighted by Gasteiger charge is -2.15. The molecule has 1 aliphatic rings. The van der Waals surface area contributed by atoms with E-state index in [-0.39, 0.29) is 11.9 Å². The van der Waals surface area contributed by atoms with Crippen molar-refractivity contribution in [3.63, 3.8) is 0 Å². The summed E-state index contributed by atoms with van der Waals surface area (Å²) in [5.74, 6) is 0.405. The lowest BCUT2D eigenvalue weighted by Crippen LogP contribution is -2.28. The Morgan fingerprint density at radius 3 is 2.36 bits per heavy atom. The summed E-state index contributed by atoms with van der Waals surface area (Å²) in [5, 5.41) is 7.79. The van der Waals surface area contributed by atoms with Crippen LogP contribution >= 0.6 is 0 Å². The van der Waals surface area contributed by atoms with Crippen LogP contribution in [-0.2, 0) is 0 Å². The van der Waals surface area contributed by atoms with Crippen LogP contribution in [0.15, 0.2) is 66.7 Å². The Kier molecular flexibility index (Phi) is 4.10. The number of aromatic nitrogens is 2. The summed E-state index contributed by atoms with van der Waals surface area (Å²) in [6.45, 7) is 2.00. The van der Waals surface area contributed by atoms with Crippen LogP contribution in [0.2, 0.25) is 0 Å². The second-order valence-electron chi connectivity index (χ2n) is 6.58. The van der Waals surface area contributed by atoms with Gasteiger partial charge < -0.3 is 5.32 Å². The average Bonchev–Trinajstić information content (AvgIpc) is 3.41. The fourth-order valence-electron chi connectivity index (χ4n) is 3.00. The molecule has 1 atom stereocenters. The van der Waals surface area contributed by atoms with Gasteiger partial charge in [-0.15, -0.1) is 0 Å². The van der Waals surface area contributed by atoms with E-state index in [0.717, 1.165) is 29.8 Å². The third-order valence-corrected chi connectivity index (χ3v) is 4.60. The Morgan fingerprint density at radius 2 is 1.72 bits per heavy atom. The van der Waals surface area contributed by atoms with Gasteiger partial charge in [0.1, 0.15) is 5.69 Å². The minimum atomic E-state index is -0.0976. The molecule has 1 saturated carbocycles. The van der Waals surface area contributed by atoms with E-state index in [2.05, 4.69) is 5.32 Å². The first kappa shape index (κ1) is 15.6. The van der Waals surface area contributed by atoms with Gasteiger partial charge in [0.05, 0.1) is 17.4 Å². The van der Waals surface area contributed by atoms with Crippen LogP contribution in [0, 0.1) is 0 Å². The van der Waals surface area contributed by atoms with Crippen LogP contribution in [0.3, 0.4) is 0 Å². The van der Waals surface area contributed by atoms with Crippen molar-refractivity contribution in [3.05, 3.63) is 83.7 Å². The maximum atomic E-state index is 12.9. The van der Waals surface area contributed by atoms with Crippen LogP contribution in [0.5, 0.6) is 0 Å². The Labute approximate surface area is 147 Å². The van der Waals surface area contributed by atoms with Gasteiger partial charge in [-0.05, 0) is 43.5 Å². The summed E-state index contributed by atoms with van der Waals surface area (Å²) in [7, 11) is 0. The maximum Gasteiger partial charge on any atom is 0.270 e. The zero-order valence-corrected chi connectivity index (χ0v) is 14.2. The number of rotatable bonds is 5. The molecular formula is C21H21N3O. The van der Waals surface area contributed by atoms with E-state index >= 15 is 0 Å². The van der Waals surface area contributed by atoms with Gasteiger partial charge in [0.25, 0.3) is 5.91 Å². The fraction of sp³-hybridized carbons (Fsp3) is 0.238. The second-order valence-corrected chi connectivity index (χ2v) is 6.58. The first-order valence-corrected chi connectivity index (χ1v) is 8.73. The number of hydrogen-bond acceptors (Lipinski definition) is 2. The highest BCUT2D eigenvalue weighted by atomic mass is 16.2. The largest absolute Gasteiger partial charge is 0.344 e. The lowest BCUT2D eigenvalue weighted by molar-refractivity contribution is 0.0932. The van der Waals surface area contributed by atoms with Crippen molar-refractivity contribution in [1.82, 2.24) is 15.1 Å². The van der Waals surface area contributed by atoms with Gasteiger partial charge in [0.15, 0.2) is 0 Å². The van der Waals surface area contributed by atoms with Gasteiger partial charge in [-0.2, -0.15) is 5.10 Å². The van der Waals surface area contributed by atoms with Crippen molar-refractivity contribution in [3.8, 4) is 5.69 Å². The summed E-state index contributed by atoms with van der Waals surface area (Å²) >= 11 is 0. The molecule has 25 heavy (non-hydrogen) atoms. The predicted octanol–water partition coefficient (Wildman–Crippen LogP) is 4.24. The van der Waals surface area contributed by atoms with E-state index in [4.69, 9.17) is 5.10 Å². The number of carbonyl (C=O) groups excluding carboxylic acids is 1. The number of hydrogen-bond donors (Lipinski definition) is 1. The highest BCUT2D eigenvalue weighted by molar-refractivity contribution is 5.93. The van der Waals surface area contributed by atoms with Crippen LogP contribution < -0.4 is 5.32 Å². The molecule has 0 radical (unpaired) electrons. The van der Waals surface area contributed by atoms with Crippen molar-refractivity contribution in [2.45, 2.75) is 31.7 Å². The molecule has 2 aromatic carbocycles. The quantitative estimate of drug-likeness (QED) is 0.760. The molecule has 1 fully saturated rings. The van der Waals surface area contributed by atoms with Gasteiger partial charge in [-0.1, -0.05) is 48.5 Å². The molecule has 0 bridgehead atoms. The first-order valence-electron chi connectivity index (χ1n) is 8.73. The molecule has 1 heterocycles. The summed E-state index contributed by atoms with van der Waals surface area (Å²) in [6, 6.07) is 21.7. The van der Waals surface area contributed by atoms with Gasteiger partial charge in [0, 0.05) is 5.92 Å². The smallest absolute Gasteiger partial charge is 0.270 e. The van der Waals surface area contributed by atoms with Gasteiger partial charge in [-0.3, -0.25) is 4.79 Å². The van der Waals surface area contributed by atoms with Crippen LogP contribution in [0.4, 0.5) is 0 Å². The molecule has 3 aromatic rings. The third-order valence-electron chi connectivity index (χ3n) is 4.60. The van der Waals surface area contributed by atoms with E-state index in [1.165, 1.54) is 0 Å². The molecule has 1 N–H and O–H groups in total. The summed E-state index contributed by atoms with van der Waals surface area (Å²) in [4.78, 5) is 12.9. The summed E-state index contributed by atoms with van der Waals surface area (Å²) < 4.78 is 1.76. The zero-order chi connectivity index (χ0) is 17.2. The van der Waals surface area contributed by atoms with E-state index in [1.807, 2.05) is 73.7 Å². The monoisotopic (exact) mass is 331 g/mol. The lowest BCUT2D eigenvalue weighted by atomic mass is 10.1. The van der Waals surface area contributed by atoms with Gasteiger partial charge in [0.2, 0.25) is 0 Å². The molecular weight excluding hydrogens is 310 g/mol. The molecule has 0 aliphatic heterocycles. The Bertz CT molecular complexity index is 867. The first-order chi connectivity index (χ1) is 12.2. The Balaban J connectivity index is 1.63. The van der Waals surface area contributed by atoms with Crippen LogP contribution in [-0.4, -0.2) is 15.7 Å². The van der Waals surface area contributed by atoms with E-state index in [1.54, 1.807) is 4.68 Å². The molecule has 4 heteroatoms. The Morgan fingerprint density at radius 1 is 1.08 bits per heavy atom. The standard InChI is InChI=1S/C21H21N3O/c1-15(16-8-4-2-5-9-16)22-21(25)20-14-19(17-12-13-17)23-24(20)18-10-6-3-7-11-18/h2-11,14-15,17H,12-13H2,1H3,(H,22,25)/t15-/m0/s1. The topological polar surface area (TPSA) is 46.9 Å². The van der Waals surface area contributed by atoms with Crippen molar-refractivity contribution < 1.29 is 4.79 Å². The normalized spacial score (nSPS) is 14.9. The molecule has 0 saturated heterocycles. The van der Waals surface area contributed by atoms with E-state index in [9.17, 15) is 4.79 Å². The fourth-order valence-corrected chi connectivity index (χ4v) is 3.00. The Hall–Kier alpha value is -2.88. The van der Waals surface area contributed by atoms with E-state index < -0.39 is 0 Å². The molecule has 1 aliphatic carbocycles. The van der Waals surface area contributed by atoms with Crippen molar-refractivity contribution in [2.75, 3.05) is 0 Å². The predicted molar refractivity (Wildman–Crippen MR) is 97.9 cm³/mol. The molecule has 1 aromatic heterocycles. The van der Waals surface area contributed by atoms with Crippen LogP contribution in [0.25, 0.3) is 5.69 Å². The highest BCUT2D eigenvalue weighted by Gasteiger charge is 2.29. The maximum absolute atomic E-state index is 12.9. The van der Waals surface area contributed by atoms with Crippen LogP contribution in [0.1, 0.15) is 53.5 Å². The van der Waals surface area contributed by atoms with E-state index in [0.29, 0.717) is 11.6 Å². The number of nitrogens with zero attached hydrogens (tertiary/aromatic N) is 2. The van der Waals surface area contributed by atoms with Crippen molar-refractivity contribution >= 4 is 5.91 Å². The average molecular weight is 331 g/mol. The molecule has 0 unspecified atom stereocenters. The minimum absolute atomic E-state index is 0.0581. The molecule has 1 amide bonds. The SMILES string of the molecule is C[C@H](NC(=O)c1cc(C2CC2)nn1-c1ccccc1)c1ccccc1. The third kappa shape index (κ3) is 3.33.